The van der Waals surface area contributed by atoms with Gasteiger partial charge in [-0.05, 0) is 12.0 Å². The van der Waals surface area contributed by atoms with Crippen LogP contribution in [0.1, 0.15) is 13.3 Å². The Morgan fingerprint density at radius 1 is 2.00 bits per heavy atom. The predicted octanol–water partition coefficient (Wildman–Crippen LogP) is 1.44. The first-order valence-corrected chi connectivity index (χ1v) is 2.74. The van der Waals surface area contributed by atoms with Crippen LogP contribution in [0.2, 0.25) is 0 Å². The van der Waals surface area contributed by atoms with Crippen LogP contribution in [0.3, 0.4) is 0 Å². The van der Waals surface area contributed by atoms with Gasteiger partial charge >= 0.3 is 5.97 Å². The zero-order chi connectivity index (χ0) is 7.28. The Morgan fingerprint density at radius 2 is 2.56 bits per heavy atom. The van der Waals surface area contributed by atoms with Gasteiger partial charge in [-0.1, -0.05) is 13.5 Å². The van der Waals surface area contributed by atoms with Crippen molar-refractivity contribution in [3.63, 3.8) is 0 Å². The zero-order valence-corrected chi connectivity index (χ0v) is 5.42. The molecule has 9 heavy (non-hydrogen) atoms. The molecule has 0 heterocycles. The van der Waals surface area contributed by atoms with Gasteiger partial charge in [-0.2, -0.15) is 0 Å². The number of aliphatic carboxylic acids is 1. The molecule has 2 heteroatoms. The highest BCUT2D eigenvalue weighted by molar-refractivity contribution is 5.67. The average molecular weight is 126 g/mol. The minimum Gasteiger partial charge on any atom is -0.481 e. The minimum atomic E-state index is -0.783. The lowest BCUT2D eigenvalue weighted by molar-refractivity contribution is -0.137. The highest BCUT2D eigenvalue weighted by atomic mass is 16.4. The Morgan fingerprint density at radius 3 is 2.89 bits per heavy atom. The van der Waals surface area contributed by atoms with E-state index in [1.807, 2.05) is 6.92 Å². The third kappa shape index (κ3) is 4.85. The first kappa shape index (κ1) is 7.99. The fourth-order valence-electron chi connectivity index (χ4n) is 0.536. The van der Waals surface area contributed by atoms with Crippen LogP contribution < -0.4 is 0 Å². The van der Waals surface area contributed by atoms with E-state index in [0.29, 0.717) is 0 Å². The van der Waals surface area contributed by atoms with Crippen molar-refractivity contribution in [2.45, 2.75) is 13.3 Å². The van der Waals surface area contributed by atoms with Crippen molar-refractivity contribution in [1.29, 1.82) is 0 Å². The van der Waals surface area contributed by atoms with Crippen molar-refractivity contribution in [1.82, 2.24) is 0 Å². The Hall–Kier alpha value is -1.01. The van der Waals surface area contributed by atoms with Crippen molar-refractivity contribution in [3.8, 4) is 0 Å². The molecule has 1 atom stereocenters. The molecule has 0 aromatic rings. The van der Waals surface area contributed by atoms with Crippen molar-refractivity contribution in [2.75, 3.05) is 0 Å². The normalized spacial score (nSPS) is 11.7. The minimum absolute atomic E-state index is 0.0417. The summed E-state index contributed by atoms with van der Waals surface area (Å²) in [6, 6.07) is 0. The lowest BCUT2D eigenvalue weighted by Gasteiger charge is -1.96. The van der Waals surface area contributed by atoms with Gasteiger partial charge in [0.15, 0.2) is 0 Å². The van der Waals surface area contributed by atoms with Crippen LogP contribution in [0.15, 0.2) is 18.4 Å². The number of carboxylic acids is 1. The quantitative estimate of drug-likeness (QED) is 0.581. The van der Waals surface area contributed by atoms with Gasteiger partial charge in [-0.15, -0.1) is 5.73 Å². The van der Waals surface area contributed by atoms with Gasteiger partial charge < -0.3 is 5.11 Å². The monoisotopic (exact) mass is 126 g/mol. The summed E-state index contributed by atoms with van der Waals surface area (Å²) in [6.07, 6.45) is 1.80. The van der Waals surface area contributed by atoms with E-state index in [1.165, 1.54) is 0 Å². The first-order valence-electron chi connectivity index (χ1n) is 2.74. The van der Waals surface area contributed by atoms with Crippen molar-refractivity contribution >= 4 is 5.97 Å². The number of carbonyl (C=O) groups is 1. The predicted molar refractivity (Wildman–Crippen MR) is 35.1 cm³/mol. The van der Waals surface area contributed by atoms with Gasteiger partial charge in [-0.3, -0.25) is 4.79 Å². The van der Waals surface area contributed by atoms with Crippen LogP contribution in [-0.2, 0) is 4.79 Å². The van der Waals surface area contributed by atoms with Crippen molar-refractivity contribution < 1.29 is 9.90 Å². The summed E-state index contributed by atoms with van der Waals surface area (Å²) < 4.78 is 0. The summed E-state index contributed by atoms with van der Waals surface area (Å²) in [7, 11) is 0. The van der Waals surface area contributed by atoms with E-state index < -0.39 is 5.97 Å². The smallest absolute Gasteiger partial charge is 0.303 e. The van der Waals surface area contributed by atoms with E-state index in [2.05, 4.69) is 12.3 Å². The van der Waals surface area contributed by atoms with Crippen molar-refractivity contribution in [3.05, 3.63) is 18.4 Å². The topological polar surface area (TPSA) is 37.3 Å². The Labute approximate surface area is 54.5 Å². The van der Waals surface area contributed by atoms with Gasteiger partial charge in [0.1, 0.15) is 0 Å². The molecular weight excluding hydrogens is 116 g/mol. The maximum Gasteiger partial charge on any atom is 0.303 e. The SMILES string of the molecule is C=C=CC(C)CC(=O)O. The molecule has 0 amide bonds. The fourth-order valence-corrected chi connectivity index (χ4v) is 0.536. The number of hydrogen-bond acceptors (Lipinski definition) is 1. The van der Waals surface area contributed by atoms with E-state index in [1.54, 1.807) is 6.08 Å². The van der Waals surface area contributed by atoms with Crippen LogP contribution in [0.25, 0.3) is 0 Å². The first-order chi connectivity index (χ1) is 4.16. The van der Waals surface area contributed by atoms with E-state index in [4.69, 9.17) is 5.11 Å². The van der Waals surface area contributed by atoms with Crippen molar-refractivity contribution in [2.24, 2.45) is 5.92 Å². The molecule has 0 rings (SSSR count). The molecule has 0 saturated carbocycles. The molecule has 0 aromatic heterocycles. The molecule has 0 aromatic carbocycles. The third-order valence-corrected chi connectivity index (χ3v) is 0.899. The Bertz CT molecular complexity index is 143. The molecule has 0 radical (unpaired) electrons. The molecule has 0 aliphatic carbocycles. The largest absolute Gasteiger partial charge is 0.481 e. The maximum absolute atomic E-state index is 10.0. The summed E-state index contributed by atoms with van der Waals surface area (Å²) in [5, 5.41) is 8.24. The molecule has 0 spiro atoms. The molecule has 0 aliphatic rings. The number of allylic oxidation sites excluding steroid dienone is 1. The summed E-state index contributed by atoms with van der Waals surface area (Å²) in [4.78, 5) is 10.0. The molecule has 0 fully saturated rings. The van der Waals surface area contributed by atoms with Crippen LogP contribution in [0.4, 0.5) is 0 Å². The standard InChI is InChI=1S/C7H10O2/c1-3-4-6(2)5-7(8)9/h4,6H,1,5H2,2H3,(H,8,9). The van der Waals surface area contributed by atoms with Crippen LogP contribution in [-0.4, -0.2) is 11.1 Å². The molecular formula is C7H10O2. The van der Waals surface area contributed by atoms with Crippen LogP contribution in [0.5, 0.6) is 0 Å². The van der Waals surface area contributed by atoms with Gasteiger partial charge in [0, 0.05) is 0 Å². The van der Waals surface area contributed by atoms with Crippen LogP contribution in [0, 0.1) is 5.92 Å². The second-order valence-electron chi connectivity index (χ2n) is 1.95. The summed E-state index contributed by atoms with van der Waals surface area (Å²) >= 11 is 0. The number of rotatable bonds is 3. The lowest BCUT2D eigenvalue weighted by Crippen LogP contribution is -2.00. The number of carboxylic acid groups (broad SMARTS) is 1. The Balaban J connectivity index is 3.62. The highest BCUT2D eigenvalue weighted by Crippen LogP contribution is 2.00. The average Bonchev–Trinajstić information content (AvgIpc) is 1.63. The zero-order valence-electron chi connectivity index (χ0n) is 5.42. The molecule has 0 saturated heterocycles. The summed E-state index contributed by atoms with van der Waals surface area (Å²) in [5.74, 6) is -0.742. The highest BCUT2D eigenvalue weighted by Gasteiger charge is 2.01. The second kappa shape index (κ2) is 3.93. The molecule has 2 nitrogen and oxygen atoms in total. The Kier molecular flexibility index (Phi) is 3.49. The lowest BCUT2D eigenvalue weighted by atomic mass is 10.1. The van der Waals surface area contributed by atoms with Crippen LogP contribution >= 0.6 is 0 Å². The van der Waals surface area contributed by atoms with E-state index in [9.17, 15) is 4.79 Å². The molecule has 1 N–H and O–H groups in total. The summed E-state index contributed by atoms with van der Waals surface area (Å²) in [5.41, 5.74) is 2.53. The van der Waals surface area contributed by atoms with Gasteiger partial charge in [0.2, 0.25) is 0 Å². The van der Waals surface area contributed by atoms with E-state index in [-0.39, 0.29) is 12.3 Å². The third-order valence-electron chi connectivity index (χ3n) is 0.899. The second-order valence-corrected chi connectivity index (χ2v) is 1.95. The molecule has 0 bridgehead atoms. The maximum atomic E-state index is 10.0. The molecule has 50 valence electrons. The van der Waals surface area contributed by atoms with Gasteiger partial charge in [0.25, 0.3) is 0 Å². The van der Waals surface area contributed by atoms with Gasteiger partial charge in [0.05, 0.1) is 6.42 Å². The van der Waals surface area contributed by atoms with E-state index >= 15 is 0 Å². The fraction of sp³-hybridized carbons (Fsp3) is 0.429. The van der Waals surface area contributed by atoms with Gasteiger partial charge in [-0.25, -0.2) is 0 Å². The molecule has 0 aliphatic heterocycles. The van der Waals surface area contributed by atoms with E-state index in [0.717, 1.165) is 0 Å². The molecule has 1 unspecified atom stereocenters. The number of hydrogen-bond donors (Lipinski definition) is 1. The summed E-state index contributed by atoms with van der Waals surface area (Å²) in [6.45, 7) is 5.15.